The molecule has 1 amide bonds. The van der Waals surface area contributed by atoms with Crippen molar-refractivity contribution < 1.29 is 18.0 Å². The molecule has 1 aromatic heterocycles. The van der Waals surface area contributed by atoms with E-state index in [4.69, 9.17) is 11.6 Å². The van der Waals surface area contributed by atoms with Crippen molar-refractivity contribution in [2.24, 2.45) is 0 Å². The highest BCUT2D eigenvalue weighted by Crippen LogP contribution is 2.30. The fourth-order valence-corrected chi connectivity index (χ4v) is 3.27. The van der Waals surface area contributed by atoms with E-state index in [-0.39, 0.29) is 11.9 Å². The molecule has 2 aromatic carbocycles. The van der Waals surface area contributed by atoms with Crippen LogP contribution in [-0.4, -0.2) is 16.5 Å². The molecular weight excluding hydrogens is 377 g/mol. The van der Waals surface area contributed by atoms with Crippen molar-refractivity contribution in [2.75, 3.05) is 0 Å². The van der Waals surface area contributed by atoms with Gasteiger partial charge in [-0.3, -0.25) is 4.79 Å². The first-order chi connectivity index (χ1) is 12.8. The lowest BCUT2D eigenvalue weighted by Crippen LogP contribution is -2.26. The van der Waals surface area contributed by atoms with Gasteiger partial charge in [0.05, 0.1) is 16.6 Å². The Morgan fingerprint density at radius 1 is 1.19 bits per heavy atom. The molecule has 1 fully saturated rings. The Morgan fingerprint density at radius 3 is 2.52 bits per heavy atom. The molecule has 4 rings (SSSR count). The number of fused-ring (bicyclic) bond motifs is 1. The lowest BCUT2D eigenvalue weighted by molar-refractivity contribution is -0.137. The van der Waals surface area contributed by atoms with Gasteiger partial charge in [-0.25, -0.2) is 0 Å². The number of benzene rings is 2. The average Bonchev–Trinajstić information content (AvgIpc) is 3.33. The molecule has 139 valence electrons. The van der Waals surface area contributed by atoms with Crippen LogP contribution in [0, 0.1) is 6.42 Å². The zero-order chi connectivity index (χ0) is 19.2. The molecule has 1 radical (unpaired) electrons. The molecule has 27 heavy (non-hydrogen) atoms. The topological polar surface area (TPSA) is 34.0 Å². The number of carbonyl (C=O) groups is 1. The monoisotopic (exact) mass is 391 g/mol. The minimum absolute atomic E-state index is 0.0878. The maximum absolute atomic E-state index is 12.7. The number of nitrogens with zero attached hydrogens (tertiary/aromatic N) is 1. The van der Waals surface area contributed by atoms with Gasteiger partial charge in [0.2, 0.25) is 0 Å². The van der Waals surface area contributed by atoms with Crippen LogP contribution in [0.25, 0.3) is 10.9 Å². The fraction of sp³-hybridized carbons (Fsp3) is 0.200. The van der Waals surface area contributed by atoms with Crippen molar-refractivity contribution in [1.29, 1.82) is 0 Å². The number of hydrogen-bond donors (Lipinski definition) is 1. The van der Waals surface area contributed by atoms with E-state index in [1.165, 1.54) is 12.1 Å². The van der Waals surface area contributed by atoms with Gasteiger partial charge in [-0.1, -0.05) is 23.7 Å². The van der Waals surface area contributed by atoms with Crippen LogP contribution in [0.5, 0.6) is 0 Å². The van der Waals surface area contributed by atoms with E-state index in [0.717, 1.165) is 23.9 Å². The lowest BCUT2D eigenvalue weighted by atomic mass is 10.1. The zero-order valence-corrected chi connectivity index (χ0v) is 14.8. The van der Waals surface area contributed by atoms with E-state index in [2.05, 4.69) is 5.32 Å². The third-order valence-electron chi connectivity index (χ3n) is 4.49. The standard InChI is InChI=1S/C20H15ClF3N2O/c21-15-9-13-7-8-26(11-12-1-3-14(4-2-12)20(22,23)24)18(13)17(10-15)19(27)25-16-5-6-16/h1-5,7-10,16H,6,11H2,(H,25,27). The van der Waals surface area contributed by atoms with Gasteiger partial charge in [0.1, 0.15) is 0 Å². The Morgan fingerprint density at radius 2 is 1.89 bits per heavy atom. The van der Waals surface area contributed by atoms with E-state index in [9.17, 15) is 18.0 Å². The van der Waals surface area contributed by atoms with Crippen LogP contribution in [0.2, 0.25) is 5.02 Å². The van der Waals surface area contributed by atoms with Gasteiger partial charge in [-0.05, 0) is 48.7 Å². The molecule has 3 aromatic rings. The molecule has 1 N–H and O–H groups in total. The van der Waals surface area contributed by atoms with Crippen LogP contribution in [0.15, 0.2) is 48.7 Å². The molecule has 1 saturated carbocycles. The zero-order valence-electron chi connectivity index (χ0n) is 14.1. The summed E-state index contributed by atoms with van der Waals surface area (Å²) in [6.45, 7) is 0.346. The average molecular weight is 392 g/mol. The number of halogens is 4. The second-order valence-electron chi connectivity index (χ2n) is 6.58. The normalized spacial score (nSPS) is 14.5. The van der Waals surface area contributed by atoms with Crippen LogP contribution in [0.1, 0.15) is 27.9 Å². The smallest absolute Gasteiger partial charge is 0.349 e. The molecule has 1 aliphatic carbocycles. The summed E-state index contributed by atoms with van der Waals surface area (Å²) in [6.07, 6.45) is 0.280. The minimum atomic E-state index is -4.36. The van der Waals surface area contributed by atoms with E-state index in [1.54, 1.807) is 18.3 Å². The van der Waals surface area contributed by atoms with E-state index in [0.29, 0.717) is 28.2 Å². The SMILES string of the molecule is O=C(NC1[CH]C1)c1cc(Cl)cc2ccn(Cc3ccc(C(F)(F)F)cc3)c12. The summed E-state index contributed by atoms with van der Waals surface area (Å²) < 4.78 is 40.0. The summed E-state index contributed by atoms with van der Waals surface area (Å²) in [5, 5.41) is 4.17. The van der Waals surface area contributed by atoms with Crippen molar-refractivity contribution >= 4 is 28.4 Å². The summed E-state index contributed by atoms with van der Waals surface area (Å²) in [5.41, 5.74) is 1.18. The highest BCUT2D eigenvalue weighted by molar-refractivity contribution is 6.32. The molecule has 0 saturated heterocycles. The fourth-order valence-electron chi connectivity index (χ4n) is 3.05. The summed E-state index contributed by atoms with van der Waals surface area (Å²) in [5.74, 6) is -0.214. The largest absolute Gasteiger partial charge is 0.416 e. The minimum Gasteiger partial charge on any atom is -0.349 e. The van der Waals surface area contributed by atoms with Crippen LogP contribution in [0.4, 0.5) is 13.2 Å². The Kier molecular flexibility index (Phi) is 4.38. The van der Waals surface area contributed by atoms with Gasteiger partial charge in [0.15, 0.2) is 0 Å². The highest BCUT2D eigenvalue weighted by Gasteiger charge is 2.30. The predicted octanol–water partition coefficient (Wildman–Crippen LogP) is 5.07. The molecular formula is C20H15ClF3N2O. The van der Waals surface area contributed by atoms with Crippen LogP contribution in [0.3, 0.4) is 0 Å². The van der Waals surface area contributed by atoms with Gasteiger partial charge in [0.25, 0.3) is 5.91 Å². The Bertz CT molecular complexity index is 1000. The van der Waals surface area contributed by atoms with E-state index >= 15 is 0 Å². The molecule has 3 nitrogen and oxygen atoms in total. The molecule has 1 aliphatic rings. The second kappa shape index (κ2) is 6.60. The van der Waals surface area contributed by atoms with E-state index < -0.39 is 11.7 Å². The van der Waals surface area contributed by atoms with Gasteiger partial charge < -0.3 is 9.88 Å². The Balaban J connectivity index is 1.68. The molecule has 1 atom stereocenters. The Labute approximate surface area is 158 Å². The summed E-state index contributed by atoms with van der Waals surface area (Å²) >= 11 is 6.15. The molecule has 1 heterocycles. The van der Waals surface area contributed by atoms with Crippen molar-refractivity contribution in [3.05, 3.63) is 76.8 Å². The van der Waals surface area contributed by atoms with Gasteiger partial charge >= 0.3 is 6.18 Å². The number of nitrogens with one attached hydrogen (secondary N) is 1. The Hall–Kier alpha value is -2.47. The summed E-state index contributed by atoms with van der Waals surface area (Å²) in [4.78, 5) is 12.6. The first kappa shape index (κ1) is 17.9. The number of hydrogen-bond acceptors (Lipinski definition) is 1. The predicted molar refractivity (Wildman–Crippen MR) is 97.7 cm³/mol. The third kappa shape index (κ3) is 3.81. The summed E-state index contributed by atoms with van der Waals surface area (Å²) in [6, 6.07) is 10.3. The van der Waals surface area contributed by atoms with Gasteiger partial charge in [0, 0.05) is 29.2 Å². The second-order valence-corrected chi connectivity index (χ2v) is 7.02. The van der Waals surface area contributed by atoms with Crippen molar-refractivity contribution in [1.82, 2.24) is 9.88 Å². The number of rotatable bonds is 4. The quantitative estimate of drug-likeness (QED) is 0.662. The molecule has 7 heteroatoms. The van der Waals surface area contributed by atoms with Gasteiger partial charge in [-0.15, -0.1) is 0 Å². The number of aromatic nitrogens is 1. The van der Waals surface area contributed by atoms with Crippen molar-refractivity contribution in [3.8, 4) is 0 Å². The molecule has 0 spiro atoms. The number of amides is 1. The van der Waals surface area contributed by atoms with Crippen molar-refractivity contribution in [2.45, 2.75) is 25.2 Å². The van der Waals surface area contributed by atoms with Crippen LogP contribution < -0.4 is 5.32 Å². The molecule has 0 aliphatic heterocycles. The maximum atomic E-state index is 12.7. The first-order valence-electron chi connectivity index (χ1n) is 8.40. The number of carbonyl (C=O) groups excluding carboxylic acids is 1. The van der Waals surface area contributed by atoms with Crippen LogP contribution in [-0.2, 0) is 12.7 Å². The molecule has 1 unspecified atom stereocenters. The third-order valence-corrected chi connectivity index (χ3v) is 4.71. The van der Waals surface area contributed by atoms with E-state index in [1.807, 2.05) is 17.1 Å². The first-order valence-corrected chi connectivity index (χ1v) is 8.78. The van der Waals surface area contributed by atoms with Crippen molar-refractivity contribution in [3.63, 3.8) is 0 Å². The molecule has 0 bridgehead atoms. The van der Waals surface area contributed by atoms with Gasteiger partial charge in [-0.2, -0.15) is 13.2 Å². The number of alkyl halides is 3. The maximum Gasteiger partial charge on any atom is 0.416 e. The summed E-state index contributed by atoms with van der Waals surface area (Å²) in [7, 11) is 0. The highest BCUT2D eigenvalue weighted by atomic mass is 35.5. The lowest BCUT2D eigenvalue weighted by Gasteiger charge is -2.12. The van der Waals surface area contributed by atoms with Crippen LogP contribution >= 0.6 is 11.6 Å².